The third-order valence-corrected chi connectivity index (χ3v) is 3.70. The van der Waals surface area contributed by atoms with Crippen LogP contribution in [0.2, 0.25) is 0 Å². The fraction of sp³-hybridized carbons (Fsp3) is 0.222. The van der Waals surface area contributed by atoms with Crippen LogP contribution in [0.3, 0.4) is 0 Å². The molecular weight excluding hydrogens is 376 g/mol. The Balaban J connectivity index is 2.15. The molecule has 1 N–H and O–H groups in total. The van der Waals surface area contributed by atoms with Crippen LogP contribution in [0, 0.1) is 0 Å². The molecule has 5 nitrogen and oxygen atoms in total. The zero-order valence-electron chi connectivity index (χ0n) is 13.1. The number of benzene rings is 2. The van der Waals surface area contributed by atoms with E-state index in [0.717, 1.165) is 12.8 Å². The van der Waals surface area contributed by atoms with Gasteiger partial charge in [0.25, 0.3) is 0 Å². The number of hydrogen-bond donors (Lipinski definition) is 1. The maximum absolute atomic E-state index is 12.3. The van der Waals surface area contributed by atoms with Crippen LogP contribution in [0.15, 0.2) is 46.9 Å². The van der Waals surface area contributed by atoms with Crippen molar-refractivity contribution in [3.05, 3.63) is 58.1 Å². The molecule has 0 bridgehead atoms. The van der Waals surface area contributed by atoms with Gasteiger partial charge in [0.15, 0.2) is 0 Å². The number of carbonyl (C=O) groups is 2. The van der Waals surface area contributed by atoms with Gasteiger partial charge < -0.3 is 14.6 Å². The van der Waals surface area contributed by atoms with Gasteiger partial charge in [-0.2, -0.15) is 0 Å². The first-order chi connectivity index (χ1) is 11.5. The van der Waals surface area contributed by atoms with Gasteiger partial charge in [-0.15, -0.1) is 0 Å². The number of hydrogen-bond acceptors (Lipinski definition) is 4. The average molecular weight is 393 g/mol. The zero-order valence-corrected chi connectivity index (χ0v) is 14.7. The van der Waals surface area contributed by atoms with E-state index in [1.165, 1.54) is 12.1 Å². The molecule has 0 aliphatic rings. The number of aromatic carboxylic acids is 1. The highest BCUT2D eigenvalue weighted by atomic mass is 79.9. The number of carbonyl (C=O) groups excluding carboxylic acids is 1. The van der Waals surface area contributed by atoms with E-state index in [4.69, 9.17) is 9.47 Å². The van der Waals surface area contributed by atoms with E-state index in [9.17, 15) is 14.7 Å². The summed E-state index contributed by atoms with van der Waals surface area (Å²) in [6.45, 7) is 2.64. The third kappa shape index (κ3) is 4.83. The highest BCUT2D eigenvalue weighted by molar-refractivity contribution is 9.10. The minimum atomic E-state index is -1.17. The molecule has 2 aromatic carbocycles. The molecule has 0 fully saturated rings. The largest absolute Gasteiger partial charge is 0.494 e. The highest BCUT2D eigenvalue weighted by Crippen LogP contribution is 2.24. The van der Waals surface area contributed by atoms with E-state index in [0.29, 0.717) is 22.4 Å². The predicted octanol–water partition coefficient (Wildman–Crippen LogP) is 4.55. The van der Waals surface area contributed by atoms with Crippen LogP contribution in [0.5, 0.6) is 11.5 Å². The van der Waals surface area contributed by atoms with Crippen molar-refractivity contribution in [1.82, 2.24) is 0 Å². The van der Waals surface area contributed by atoms with Gasteiger partial charge in [0.1, 0.15) is 17.1 Å². The highest BCUT2D eigenvalue weighted by Gasteiger charge is 2.16. The van der Waals surface area contributed by atoms with Gasteiger partial charge in [0.05, 0.1) is 12.2 Å². The Labute approximate surface area is 148 Å². The molecule has 2 rings (SSSR count). The lowest BCUT2D eigenvalue weighted by Crippen LogP contribution is -2.11. The lowest BCUT2D eigenvalue weighted by atomic mass is 10.2. The monoisotopic (exact) mass is 392 g/mol. The van der Waals surface area contributed by atoms with Gasteiger partial charge in [-0.05, 0) is 42.8 Å². The van der Waals surface area contributed by atoms with E-state index in [1.807, 2.05) is 0 Å². The smallest absolute Gasteiger partial charge is 0.343 e. The quantitative estimate of drug-likeness (QED) is 0.425. The Hall–Kier alpha value is -2.34. The maximum atomic E-state index is 12.3. The Morgan fingerprint density at radius 2 is 1.96 bits per heavy atom. The molecule has 0 atom stereocenters. The summed E-state index contributed by atoms with van der Waals surface area (Å²) in [7, 11) is 0. The van der Waals surface area contributed by atoms with Gasteiger partial charge in [-0.3, -0.25) is 0 Å². The molecule has 0 unspecified atom stereocenters. The van der Waals surface area contributed by atoms with Crippen molar-refractivity contribution < 1.29 is 24.2 Å². The molecule has 0 saturated carbocycles. The van der Waals surface area contributed by atoms with Crippen LogP contribution in [-0.2, 0) is 0 Å². The normalized spacial score (nSPS) is 10.2. The van der Waals surface area contributed by atoms with Crippen LogP contribution in [-0.4, -0.2) is 23.7 Å². The minimum Gasteiger partial charge on any atom is -0.494 e. The number of carboxylic acids is 1. The van der Waals surface area contributed by atoms with Gasteiger partial charge in [0, 0.05) is 4.47 Å². The summed E-state index contributed by atoms with van der Waals surface area (Å²) in [4.78, 5) is 23.5. The lowest BCUT2D eigenvalue weighted by Gasteiger charge is -2.09. The van der Waals surface area contributed by atoms with E-state index in [-0.39, 0.29) is 11.3 Å². The van der Waals surface area contributed by atoms with E-state index >= 15 is 0 Å². The van der Waals surface area contributed by atoms with Crippen LogP contribution in [0.1, 0.15) is 40.5 Å². The first-order valence-corrected chi connectivity index (χ1v) is 8.28. The van der Waals surface area contributed by atoms with Crippen LogP contribution >= 0.6 is 15.9 Å². The first-order valence-electron chi connectivity index (χ1n) is 7.49. The molecule has 0 aliphatic heterocycles. The summed E-state index contributed by atoms with van der Waals surface area (Å²) in [6.07, 6.45) is 1.94. The Morgan fingerprint density at radius 1 is 1.17 bits per heavy atom. The number of halogens is 1. The molecule has 0 saturated heterocycles. The standard InChI is InChI=1S/C18H17BrO5/c1-2-3-9-23-14-6-4-5-12(10-14)18(22)24-16-8-7-13(19)11-15(16)17(20)21/h4-8,10-11H,2-3,9H2,1H3,(H,20,21). The van der Waals surface area contributed by atoms with Gasteiger partial charge >= 0.3 is 11.9 Å². The van der Waals surface area contributed by atoms with E-state index in [2.05, 4.69) is 22.9 Å². The molecule has 0 heterocycles. The second-order valence-electron chi connectivity index (χ2n) is 5.07. The average Bonchev–Trinajstić information content (AvgIpc) is 2.57. The fourth-order valence-corrected chi connectivity index (χ4v) is 2.33. The number of esters is 1. The minimum absolute atomic E-state index is 0.00648. The molecule has 0 radical (unpaired) electrons. The lowest BCUT2D eigenvalue weighted by molar-refractivity contribution is 0.0681. The van der Waals surface area contributed by atoms with Crippen molar-refractivity contribution >= 4 is 27.9 Å². The summed E-state index contributed by atoms with van der Waals surface area (Å²) >= 11 is 3.19. The summed E-state index contributed by atoms with van der Waals surface area (Å²) in [5, 5.41) is 9.21. The zero-order chi connectivity index (χ0) is 17.5. The molecule has 126 valence electrons. The fourth-order valence-electron chi connectivity index (χ4n) is 1.96. The van der Waals surface area contributed by atoms with E-state index < -0.39 is 11.9 Å². The van der Waals surface area contributed by atoms with Crippen molar-refractivity contribution in [2.24, 2.45) is 0 Å². The van der Waals surface area contributed by atoms with Crippen LogP contribution < -0.4 is 9.47 Å². The topological polar surface area (TPSA) is 72.8 Å². The van der Waals surface area contributed by atoms with Crippen LogP contribution in [0.25, 0.3) is 0 Å². The molecule has 0 amide bonds. The molecule has 0 spiro atoms. The third-order valence-electron chi connectivity index (χ3n) is 3.21. The summed E-state index contributed by atoms with van der Waals surface area (Å²) in [6, 6.07) is 11.1. The van der Waals surface area contributed by atoms with Crippen molar-refractivity contribution in [3.63, 3.8) is 0 Å². The van der Waals surface area contributed by atoms with Gasteiger partial charge in [0.2, 0.25) is 0 Å². The number of carboxylic acid groups (broad SMARTS) is 1. The molecule has 0 aromatic heterocycles. The molecule has 24 heavy (non-hydrogen) atoms. The number of unbranched alkanes of at least 4 members (excludes halogenated alkanes) is 1. The summed E-state index contributed by atoms with van der Waals surface area (Å²) in [5.74, 6) is -1.24. The Kier molecular flexibility index (Phi) is 6.37. The number of rotatable bonds is 7. The van der Waals surface area contributed by atoms with Crippen molar-refractivity contribution in [2.45, 2.75) is 19.8 Å². The van der Waals surface area contributed by atoms with Gasteiger partial charge in [-0.25, -0.2) is 9.59 Å². The Bertz CT molecular complexity index is 742. The summed E-state index contributed by atoms with van der Waals surface area (Å²) in [5.41, 5.74) is 0.205. The van der Waals surface area contributed by atoms with Crippen molar-refractivity contribution in [1.29, 1.82) is 0 Å². The van der Waals surface area contributed by atoms with E-state index in [1.54, 1.807) is 30.3 Å². The second-order valence-corrected chi connectivity index (χ2v) is 5.98. The Morgan fingerprint density at radius 3 is 2.67 bits per heavy atom. The summed E-state index contributed by atoms with van der Waals surface area (Å²) < 4.78 is 11.4. The van der Waals surface area contributed by atoms with Crippen molar-refractivity contribution in [2.75, 3.05) is 6.61 Å². The SMILES string of the molecule is CCCCOc1cccc(C(=O)Oc2ccc(Br)cc2C(=O)O)c1. The van der Waals surface area contributed by atoms with Gasteiger partial charge in [-0.1, -0.05) is 35.3 Å². The first kappa shape index (κ1) is 18.0. The van der Waals surface area contributed by atoms with Crippen molar-refractivity contribution in [3.8, 4) is 11.5 Å². The molecule has 0 aliphatic carbocycles. The maximum Gasteiger partial charge on any atom is 0.343 e. The molecular formula is C18H17BrO5. The second kappa shape index (κ2) is 8.49. The number of ether oxygens (including phenoxy) is 2. The predicted molar refractivity (Wildman–Crippen MR) is 92.9 cm³/mol. The van der Waals surface area contributed by atoms with Crippen LogP contribution in [0.4, 0.5) is 0 Å². The molecule has 2 aromatic rings. The molecule has 6 heteroatoms.